The molecule has 11 aromatic rings. The van der Waals surface area contributed by atoms with Crippen LogP contribution in [0.1, 0.15) is 124 Å². The minimum atomic E-state index is 0.157. The highest BCUT2D eigenvalue weighted by Gasteiger charge is 2.41. The zero-order valence-electron chi connectivity index (χ0n) is 46.8. The van der Waals surface area contributed by atoms with Gasteiger partial charge in [-0.25, -0.2) is 0 Å². The molecule has 6 nitrogen and oxygen atoms in total. The zero-order chi connectivity index (χ0) is 56.8. The van der Waals surface area contributed by atoms with E-state index >= 15 is 0 Å². The topological polar surface area (TPSA) is 43.4 Å². The first-order valence-electron chi connectivity index (χ1n) is 28.0. The van der Waals surface area contributed by atoms with Gasteiger partial charge in [0.2, 0.25) is 0 Å². The summed E-state index contributed by atoms with van der Waals surface area (Å²) in [5.74, 6) is 5.40. The van der Waals surface area contributed by atoms with Crippen molar-refractivity contribution < 1.29 is 18.9 Å². The van der Waals surface area contributed by atoms with Crippen LogP contribution in [0.3, 0.4) is 0 Å². The predicted molar refractivity (Wildman–Crippen MR) is 355 cm³/mol. The minimum absolute atomic E-state index is 0.157. The molecule has 0 bridgehead atoms. The molecule has 0 radical (unpaired) electrons. The lowest BCUT2D eigenvalue weighted by atomic mass is 9.80. The summed E-state index contributed by atoms with van der Waals surface area (Å²) in [5.41, 5.74) is 9.73. The van der Waals surface area contributed by atoms with E-state index in [4.69, 9.17) is 67.8 Å². The van der Waals surface area contributed by atoms with E-state index in [1.807, 2.05) is 121 Å². The third kappa shape index (κ3) is 8.69. The summed E-state index contributed by atoms with van der Waals surface area (Å²) in [5, 5.41) is 6.43. The van der Waals surface area contributed by atoms with Crippen LogP contribution in [-0.2, 0) is 0 Å². The normalized spacial score (nSPS) is 13.4. The molecule has 10 heteroatoms. The molecule has 13 rings (SSSR count). The fraction of sp³-hybridized carbons (Fsp3) is 0.167. The lowest BCUT2D eigenvalue weighted by molar-refractivity contribution is 0.483. The third-order valence-corrected chi connectivity index (χ3v) is 17.5. The molecule has 0 saturated heterocycles. The Bertz CT molecular complexity index is 3880. The van der Waals surface area contributed by atoms with Gasteiger partial charge < -0.3 is 18.9 Å². The summed E-state index contributed by atoms with van der Waals surface area (Å²) < 4.78 is 29.5. The molecule has 0 amide bonds. The molecule has 0 N–H and O–H groups in total. The van der Waals surface area contributed by atoms with E-state index in [0.717, 1.165) is 99.0 Å². The van der Waals surface area contributed by atoms with Gasteiger partial charge in [0.05, 0.1) is 11.4 Å². The fourth-order valence-electron chi connectivity index (χ4n) is 12.2. The molecule has 404 valence electrons. The molecule has 0 aliphatic carbocycles. The first-order chi connectivity index (χ1) is 39.7. The predicted octanol–water partition coefficient (Wildman–Crippen LogP) is 21.1. The molecule has 0 saturated carbocycles. The molecule has 0 unspecified atom stereocenters. The highest BCUT2D eigenvalue weighted by molar-refractivity contribution is 7.83. The molecule has 82 heavy (non-hydrogen) atoms. The Morgan fingerprint density at radius 2 is 0.488 bits per heavy atom. The van der Waals surface area contributed by atoms with Gasteiger partial charge in [-0.15, -0.1) is 0 Å². The number of rotatable bonds is 14. The number of hydrogen-bond donors (Lipinski definition) is 0. The maximum Gasteiger partial charge on any atom is 0.136 e. The molecular formula is C72H58N2O4S4. The molecule has 0 spiro atoms. The van der Waals surface area contributed by atoms with Gasteiger partial charge >= 0.3 is 0 Å². The van der Waals surface area contributed by atoms with Gasteiger partial charge in [-0.1, -0.05) is 213 Å². The quantitative estimate of drug-likeness (QED) is 0.0598. The summed E-state index contributed by atoms with van der Waals surface area (Å²) in [6.45, 7) is 17.8. The number of anilines is 2. The van der Waals surface area contributed by atoms with Crippen molar-refractivity contribution in [3.63, 3.8) is 0 Å². The molecule has 0 fully saturated rings. The minimum Gasteiger partial charge on any atom is -0.457 e. The van der Waals surface area contributed by atoms with Crippen LogP contribution < -0.4 is 28.7 Å². The largest absolute Gasteiger partial charge is 0.457 e. The SMILES string of the molecule is CC(C)c1cccc(C(C)C)c1N1C(=S)c2cc(Oc3ccccc3)c3c4c(Oc5ccccc5)cc5c6c(cc(Oc7ccccc7)c(c7c(Oc8ccccc8)cc(c2c37)C1=S)c64)C(=S)N(c1c(C(C)C)cccc1C(C)C)C5=S. The van der Waals surface area contributed by atoms with Crippen molar-refractivity contribution in [1.29, 1.82) is 0 Å². The number of nitrogens with zero attached hydrogens (tertiary/aromatic N) is 2. The fourth-order valence-corrected chi connectivity index (χ4v) is 13.7. The molecule has 2 aliphatic rings. The first-order valence-corrected chi connectivity index (χ1v) is 29.6. The van der Waals surface area contributed by atoms with Crippen LogP contribution in [-0.4, -0.2) is 20.0 Å². The number of fused-ring (bicyclic) bond motifs is 2. The summed E-state index contributed by atoms with van der Waals surface area (Å²) in [4.78, 5) is 6.51. The Kier molecular flexibility index (Phi) is 13.6. The van der Waals surface area contributed by atoms with E-state index in [2.05, 4.69) is 126 Å². The van der Waals surface area contributed by atoms with Gasteiger partial charge in [0, 0.05) is 65.3 Å². The summed E-state index contributed by atoms with van der Waals surface area (Å²) in [6.07, 6.45) is 0. The standard InChI is InChI=1S/C72H58N2O4S4/c1-39(2)47-31-21-32-48(40(3)4)67(47)73-69(79)51-35-55(75-43-23-13-9-14-24-43)61-63-57(77-45-27-17-11-18-28-45)37-53-60-54(72(82)74(71(53)81)68-49(41(5)6)33-22-34-50(68)42(7)8)38-58(78-46-29-19-12-20-30-46)64(66(60)63)62-56(76-44-25-15-10-16-26-44)36-52(70(73)80)59(51)65(61)62/h9-42H,1-8H3. The number of para-hydroxylation sites is 6. The second-order valence-electron chi connectivity index (χ2n) is 22.4. The smallest absolute Gasteiger partial charge is 0.136 e. The number of thiocarbonyl (C=S) groups is 4. The van der Waals surface area contributed by atoms with Crippen molar-refractivity contribution in [1.82, 2.24) is 0 Å². The summed E-state index contributed by atoms with van der Waals surface area (Å²) >= 11 is 27.6. The second-order valence-corrected chi connectivity index (χ2v) is 24.0. The number of hydrogen-bond acceptors (Lipinski definition) is 8. The van der Waals surface area contributed by atoms with Gasteiger partial charge in [0.25, 0.3) is 0 Å². The Labute approximate surface area is 500 Å². The van der Waals surface area contributed by atoms with Crippen LogP contribution in [0.4, 0.5) is 11.4 Å². The maximum atomic E-state index is 7.37. The Hall–Kier alpha value is -8.12. The van der Waals surface area contributed by atoms with Crippen molar-refractivity contribution in [2.75, 3.05) is 9.80 Å². The van der Waals surface area contributed by atoms with Crippen LogP contribution in [0, 0.1) is 0 Å². The van der Waals surface area contributed by atoms with Crippen molar-refractivity contribution in [3.8, 4) is 46.0 Å². The average molecular weight is 1140 g/mol. The van der Waals surface area contributed by atoms with Crippen LogP contribution in [0.25, 0.3) is 43.1 Å². The van der Waals surface area contributed by atoms with Crippen LogP contribution in [0.2, 0.25) is 0 Å². The van der Waals surface area contributed by atoms with Crippen molar-refractivity contribution in [3.05, 3.63) is 226 Å². The summed E-state index contributed by atoms with van der Waals surface area (Å²) in [7, 11) is 0. The molecule has 0 aromatic heterocycles. The van der Waals surface area contributed by atoms with Crippen molar-refractivity contribution in [2.24, 2.45) is 0 Å². The first kappa shape index (κ1) is 53.2. The van der Waals surface area contributed by atoms with Crippen molar-refractivity contribution in [2.45, 2.75) is 79.1 Å². The van der Waals surface area contributed by atoms with E-state index in [0.29, 0.717) is 66.0 Å². The molecule has 2 aliphatic heterocycles. The van der Waals surface area contributed by atoms with E-state index in [1.165, 1.54) is 0 Å². The summed E-state index contributed by atoms with van der Waals surface area (Å²) in [6, 6.07) is 61.1. The zero-order valence-corrected chi connectivity index (χ0v) is 50.1. The van der Waals surface area contributed by atoms with Crippen LogP contribution >= 0.6 is 48.9 Å². The average Bonchev–Trinajstić information content (AvgIpc) is 1.49. The molecule has 0 atom stereocenters. The molecular weight excluding hydrogens is 1090 g/mol. The molecule has 2 heterocycles. The van der Waals surface area contributed by atoms with E-state index in [-0.39, 0.29) is 23.7 Å². The number of benzene rings is 11. The lowest BCUT2D eigenvalue weighted by Crippen LogP contribution is -2.41. The highest BCUT2D eigenvalue weighted by Crippen LogP contribution is 2.59. The van der Waals surface area contributed by atoms with Gasteiger partial charge in [-0.05, 0) is 119 Å². The van der Waals surface area contributed by atoms with Gasteiger partial charge in [0.1, 0.15) is 66.0 Å². The monoisotopic (exact) mass is 1140 g/mol. The van der Waals surface area contributed by atoms with Gasteiger partial charge in [-0.3, -0.25) is 9.80 Å². The van der Waals surface area contributed by atoms with E-state index in [1.54, 1.807) is 0 Å². The van der Waals surface area contributed by atoms with E-state index < -0.39 is 0 Å². The van der Waals surface area contributed by atoms with E-state index in [9.17, 15) is 0 Å². The highest BCUT2D eigenvalue weighted by atomic mass is 32.1. The third-order valence-electron chi connectivity index (χ3n) is 15.9. The van der Waals surface area contributed by atoms with Gasteiger partial charge in [0.15, 0.2) is 0 Å². The Balaban J connectivity index is 1.26. The van der Waals surface area contributed by atoms with Gasteiger partial charge in [-0.2, -0.15) is 0 Å². The maximum absolute atomic E-state index is 7.37. The number of ether oxygens (including phenoxy) is 4. The lowest BCUT2D eigenvalue weighted by Gasteiger charge is -2.38. The Morgan fingerprint density at radius 3 is 0.695 bits per heavy atom. The van der Waals surface area contributed by atoms with Crippen LogP contribution in [0.15, 0.2) is 182 Å². The van der Waals surface area contributed by atoms with Crippen LogP contribution in [0.5, 0.6) is 46.0 Å². The van der Waals surface area contributed by atoms with Crippen molar-refractivity contribution >= 4 is 123 Å². The second kappa shape index (κ2) is 21.0. The molecule has 11 aromatic carbocycles. The Morgan fingerprint density at radius 1 is 0.268 bits per heavy atom.